The van der Waals surface area contributed by atoms with Crippen molar-refractivity contribution >= 4 is 39.5 Å². The number of phosphoric ester groups is 2. The molecule has 0 aliphatic carbocycles. The van der Waals surface area contributed by atoms with E-state index < -0.39 is 97.5 Å². The molecule has 0 fully saturated rings. The van der Waals surface area contributed by atoms with Gasteiger partial charge >= 0.3 is 39.5 Å². The largest absolute Gasteiger partial charge is 0.472 e. The number of hydrogen-bond acceptors (Lipinski definition) is 15. The van der Waals surface area contributed by atoms with Crippen molar-refractivity contribution in [3.05, 3.63) is 72.9 Å². The van der Waals surface area contributed by atoms with E-state index in [9.17, 15) is 43.2 Å². The number of carbonyl (C=O) groups is 4. The number of hydrogen-bond donors (Lipinski definition) is 3. The summed E-state index contributed by atoms with van der Waals surface area (Å²) in [7, 11) is -9.94. The molecule has 0 amide bonds. The van der Waals surface area contributed by atoms with Crippen LogP contribution in [0.15, 0.2) is 72.9 Å². The molecule has 17 nitrogen and oxygen atoms in total. The van der Waals surface area contributed by atoms with Crippen molar-refractivity contribution in [2.75, 3.05) is 39.6 Å². The van der Waals surface area contributed by atoms with Crippen LogP contribution in [-0.2, 0) is 65.4 Å². The van der Waals surface area contributed by atoms with Crippen LogP contribution in [0.4, 0.5) is 0 Å². The molecule has 5 unspecified atom stereocenters. The molecule has 0 radical (unpaired) electrons. The number of aliphatic hydroxyl groups is 1. The molecule has 0 spiro atoms. The zero-order chi connectivity index (χ0) is 74.6. The Hall–Kier alpha value is -3.50. The van der Waals surface area contributed by atoms with Gasteiger partial charge in [-0.25, -0.2) is 9.13 Å². The predicted molar refractivity (Wildman–Crippen MR) is 418 cm³/mol. The SMILES string of the molecule is CC/C=C\C/C=C\C/C=C\CCCCCCCCCC(=O)OCC(COP(=O)(O)OCC(O)COP(=O)(O)OCC(COC(=O)CCCCCCCC/C=C\C/C=C\C/C=C\CCCCC)OC(=O)CCCCCCCCCCCCCCCCC)OC(=O)CCCCCCCCCCCCC. The normalized spacial score (nSPS) is 14.2. The highest BCUT2D eigenvalue weighted by molar-refractivity contribution is 7.47. The van der Waals surface area contributed by atoms with Crippen LogP contribution in [0.3, 0.4) is 0 Å². The standard InChI is InChI=1S/C83H150O17P2/c1-5-9-13-17-21-25-29-32-35-37-38-40-43-45-49-52-56-60-64-68-81(86)94-74-79(100-83(88)70-66-62-58-54-50-46-41-34-31-27-23-19-15-11-7-3)76-98-102(91,92)96-72-77(84)71-95-101(89,90)97-75-78(99-82(87)69-65-61-57-53-47-28-24-20-16-12-8-4)73-93-80(85)67-63-59-55-51-48-44-42-39-36-33-30-26-22-18-14-10-6-2/h10,14,21-22,25-26,32-33,35-36,38,40,77-79,84H,5-9,11-13,15-20,23-24,27-31,34,37,39,41-76H2,1-4H3,(H,89,90)(H,91,92)/b14-10-,25-21-,26-22-,35-32-,36-33-,40-38-. The lowest BCUT2D eigenvalue weighted by Crippen LogP contribution is -2.30. The number of ether oxygens (including phenoxy) is 4. The Labute approximate surface area is 622 Å². The van der Waals surface area contributed by atoms with Gasteiger partial charge < -0.3 is 33.8 Å². The maximum Gasteiger partial charge on any atom is 0.472 e. The maximum atomic E-state index is 13.1. The van der Waals surface area contributed by atoms with E-state index in [2.05, 4.69) is 101 Å². The quantitative estimate of drug-likeness (QED) is 0.0169. The van der Waals surface area contributed by atoms with E-state index in [-0.39, 0.29) is 25.7 Å². The molecule has 0 saturated heterocycles. The van der Waals surface area contributed by atoms with Crippen LogP contribution in [0.2, 0.25) is 0 Å². The minimum Gasteiger partial charge on any atom is -0.462 e. The summed E-state index contributed by atoms with van der Waals surface area (Å²) in [5.41, 5.74) is 0. The van der Waals surface area contributed by atoms with Gasteiger partial charge in [0, 0.05) is 25.7 Å². The molecule has 0 rings (SSSR count). The second-order valence-corrected chi connectivity index (χ2v) is 30.6. The first-order chi connectivity index (χ1) is 49.7. The molecule has 594 valence electrons. The smallest absolute Gasteiger partial charge is 0.462 e. The van der Waals surface area contributed by atoms with Gasteiger partial charge in [0.15, 0.2) is 12.2 Å². The van der Waals surface area contributed by atoms with Crippen LogP contribution in [0, 0.1) is 0 Å². The van der Waals surface area contributed by atoms with Gasteiger partial charge in [0.05, 0.1) is 26.4 Å². The van der Waals surface area contributed by atoms with E-state index in [1.54, 1.807) is 0 Å². The topological polar surface area (TPSA) is 237 Å². The third-order valence-electron chi connectivity index (χ3n) is 17.7. The maximum absolute atomic E-state index is 13.1. The van der Waals surface area contributed by atoms with E-state index in [0.717, 1.165) is 173 Å². The van der Waals surface area contributed by atoms with E-state index >= 15 is 0 Å². The lowest BCUT2D eigenvalue weighted by molar-refractivity contribution is -0.161. The zero-order valence-electron chi connectivity index (χ0n) is 65.0. The summed E-state index contributed by atoms with van der Waals surface area (Å²) < 4.78 is 68.7. The van der Waals surface area contributed by atoms with Crippen LogP contribution in [0.5, 0.6) is 0 Å². The van der Waals surface area contributed by atoms with Crippen molar-refractivity contribution in [3.8, 4) is 0 Å². The van der Waals surface area contributed by atoms with Gasteiger partial charge in [-0.1, -0.05) is 325 Å². The number of carbonyl (C=O) groups excluding carboxylic acids is 4. The van der Waals surface area contributed by atoms with Crippen LogP contribution < -0.4 is 0 Å². The van der Waals surface area contributed by atoms with Crippen molar-refractivity contribution in [3.63, 3.8) is 0 Å². The number of rotatable bonds is 78. The summed E-state index contributed by atoms with van der Waals surface area (Å²) in [4.78, 5) is 73.0. The second kappa shape index (κ2) is 75.7. The van der Waals surface area contributed by atoms with E-state index in [1.165, 1.54) is 122 Å². The number of phosphoric acid groups is 2. The molecule has 0 aromatic carbocycles. The van der Waals surface area contributed by atoms with Gasteiger partial charge in [0.2, 0.25) is 0 Å². The third-order valence-corrected chi connectivity index (χ3v) is 19.6. The fraction of sp³-hybridized carbons (Fsp3) is 0.807. The average Bonchev–Trinajstić information content (AvgIpc) is 0.926. The Morgan fingerprint density at radius 2 is 0.510 bits per heavy atom. The molecule has 0 aliphatic heterocycles. The number of allylic oxidation sites excluding steroid dienone is 12. The Bertz CT molecular complexity index is 2210. The van der Waals surface area contributed by atoms with E-state index in [0.29, 0.717) is 25.7 Å². The van der Waals surface area contributed by atoms with Crippen molar-refractivity contribution in [2.45, 2.75) is 393 Å². The highest BCUT2D eigenvalue weighted by Gasteiger charge is 2.30. The molecule has 0 aromatic heterocycles. The molecular formula is C83H150O17P2. The highest BCUT2D eigenvalue weighted by atomic mass is 31.2. The van der Waals surface area contributed by atoms with E-state index in [1.807, 2.05) is 0 Å². The molecule has 102 heavy (non-hydrogen) atoms. The van der Waals surface area contributed by atoms with Crippen LogP contribution >= 0.6 is 15.6 Å². The van der Waals surface area contributed by atoms with Crippen LogP contribution in [0.1, 0.15) is 374 Å². The van der Waals surface area contributed by atoms with Gasteiger partial charge in [0.25, 0.3) is 0 Å². The minimum absolute atomic E-state index is 0.0977. The molecule has 5 atom stereocenters. The Morgan fingerprint density at radius 1 is 0.284 bits per heavy atom. The minimum atomic E-state index is -4.97. The third kappa shape index (κ3) is 74.8. The predicted octanol–water partition coefficient (Wildman–Crippen LogP) is 24.0. The summed E-state index contributed by atoms with van der Waals surface area (Å²) in [6.07, 6.45) is 77.3. The molecule has 0 aromatic rings. The average molecular weight is 1480 g/mol. The van der Waals surface area contributed by atoms with E-state index in [4.69, 9.17) is 37.0 Å². The van der Waals surface area contributed by atoms with Gasteiger partial charge in [-0.15, -0.1) is 0 Å². The first-order valence-electron chi connectivity index (χ1n) is 41.2. The highest BCUT2D eigenvalue weighted by Crippen LogP contribution is 2.45. The fourth-order valence-corrected chi connectivity index (χ4v) is 13.0. The van der Waals surface area contributed by atoms with Gasteiger partial charge in [-0.2, -0.15) is 0 Å². The lowest BCUT2D eigenvalue weighted by atomic mass is 10.0. The van der Waals surface area contributed by atoms with Crippen LogP contribution in [-0.4, -0.2) is 96.7 Å². The Balaban J connectivity index is 5.30. The lowest BCUT2D eigenvalue weighted by Gasteiger charge is -2.21. The number of unbranched alkanes of at least 4 members (excludes halogenated alkanes) is 40. The second-order valence-electron chi connectivity index (χ2n) is 27.7. The Morgan fingerprint density at radius 3 is 0.804 bits per heavy atom. The van der Waals surface area contributed by atoms with Crippen molar-refractivity contribution < 1.29 is 80.2 Å². The van der Waals surface area contributed by atoms with Gasteiger partial charge in [-0.3, -0.25) is 37.3 Å². The summed E-state index contributed by atoms with van der Waals surface area (Å²) in [6.45, 7) is 4.79. The zero-order valence-corrected chi connectivity index (χ0v) is 66.8. The molecule has 0 bridgehead atoms. The summed E-state index contributed by atoms with van der Waals surface area (Å²) in [6, 6.07) is 0. The molecule has 0 aliphatic rings. The van der Waals surface area contributed by atoms with Crippen molar-refractivity contribution in [1.82, 2.24) is 0 Å². The number of esters is 4. The molecule has 3 N–H and O–H groups in total. The molecule has 0 saturated carbocycles. The van der Waals surface area contributed by atoms with Crippen molar-refractivity contribution in [2.24, 2.45) is 0 Å². The van der Waals surface area contributed by atoms with Gasteiger partial charge in [0.1, 0.15) is 19.3 Å². The molecule has 0 heterocycles. The summed E-state index contributed by atoms with van der Waals surface area (Å²) in [5, 5.41) is 10.6. The first kappa shape index (κ1) is 98.5. The summed E-state index contributed by atoms with van der Waals surface area (Å²) >= 11 is 0. The monoisotopic (exact) mass is 1480 g/mol. The molecule has 19 heteroatoms. The fourth-order valence-electron chi connectivity index (χ4n) is 11.4. The van der Waals surface area contributed by atoms with Gasteiger partial charge in [-0.05, 0) is 96.3 Å². The van der Waals surface area contributed by atoms with Crippen molar-refractivity contribution in [1.29, 1.82) is 0 Å². The number of aliphatic hydroxyl groups excluding tert-OH is 1. The Kier molecular flexibility index (Phi) is 73.1. The van der Waals surface area contributed by atoms with Crippen LogP contribution in [0.25, 0.3) is 0 Å². The summed E-state index contributed by atoms with van der Waals surface area (Å²) in [5.74, 6) is -2.16. The first-order valence-corrected chi connectivity index (χ1v) is 44.2. The molecular weight excluding hydrogens is 1330 g/mol.